The normalized spacial score (nSPS) is 14.6. The minimum absolute atomic E-state index is 0.175. The Labute approximate surface area is 224 Å². The molecule has 38 heavy (non-hydrogen) atoms. The molecule has 2 aromatic carbocycles. The molecule has 11 nitrogen and oxygen atoms in total. The van der Waals surface area contributed by atoms with E-state index in [4.69, 9.17) is 16.3 Å². The number of anilines is 1. The van der Waals surface area contributed by atoms with Crippen LogP contribution in [0.2, 0.25) is 5.02 Å². The lowest BCUT2D eigenvalue weighted by Gasteiger charge is -2.23. The van der Waals surface area contributed by atoms with Gasteiger partial charge < -0.3 is 15.4 Å². The zero-order valence-electron chi connectivity index (χ0n) is 21.2. The number of halogens is 1. The molecule has 0 saturated heterocycles. The van der Waals surface area contributed by atoms with Crippen molar-refractivity contribution in [2.45, 2.75) is 57.4 Å². The van der Waals surface area contributed by atoms with Gasteiger partial charge in [-0.2, -0.15) is 0 Å². The minimum atomic E-state index is -3.74. The van der Waals surface area contributed by atoms with E-state index >= 15 is 0 Å². The van der Waals surface area contributed by atoms with Crippen molar-refractivity contribution >= 4 is 50.3 Å². The van der Waals surface area contributed by atoms with Crippen LogP contribution in [0.25, 0.3) is 16.6 Å². The quantitative estimate of drug-likeness (QED) is 0.407. The molecule has 1 aliphatic carbocycles. The number of hydrogen-bond donors (Lipinski definition) is 3. The topological polar surface area (TPSA) is 148 Å². The molecule has 1 atom stereocenters. The molecule has 1 aromatic heterocycles. The van der Waals surface area contributed by atoms with Crippen molar-refractivity contribution in [2.75, 3.05) is 5.32 Å². The Balaban J connectivity index is 1.74. The third kappa shape index (κ3) is 6.25. The highest BCUT2D eigenvalue weighted by atomic mass is 35.5. The number of fused-ring (bicyclic) bond motifs is 1. The zero-order chi connectivity index (χ0) is 27.8. The van der Waals surface area contributed by atoms with Gasteiger partial charge in [0.05, 0.1) is 32.9 Å². The molecule has 0 unspecified atom stereocenters. The first-order chi connectivity index (χ1) is 17.7. The molecule has 1 saturated carbocycles. The second kappa shape index (κ2) is 10.3. The molecule has 202 valence electrons. The molecule has 0 aliphatic heterocycles. The van der Waals surface area contributed by atoms with Gasteiger partial charge in [-0.15, -0.1) is 0 Å². The fourth-order valence-electron chi connectivity index (χ4n) is 3.77. The van der Waals surface area contributed by atoms with Crippen LogP contribution in [-0.2, 0) is 14.8 Å². The van der Waals surface area contributed by atoms with E-state index in [1.54, 1.807) is 64.1 Å². The molecule has 4 rings (SSSR count). The minimum Gasteiger partial charge on any atom is -0.444 e. The lowest BCUT2D eigenvalue weighted by molar-refractivity contribution is 0.0505. The number of alkyl carbamates (subject to hydrolysis) is 1. The molecule has 3 amide bonds. The number of ether oxygens (including phenoxy) is 1. The first-order valence-corrected chi connectivity index (χ1v) is 13.8. The van der Waals surface area contributed by atoms with Crippen molar-refractivity contribution in [3.63, 3.8) is 0 Å². The number of aromatic nitrogens is 2. The lowest BCUT2D eigenvalue weighted by Crippen LogP contribution is -2.37. The fraction of sp³-hybridized carbons (Fsp3) is 0.360. The third-order valence-corrected chi connectivity index (χ3v) is 7.69. The van der Waals surface area contributed by atoms with Crippen molar-refractivity contribution in [2.24, 2.45) is 0 Å². The third-order valence-electron chi connectivity index (χ3n) is 5.55. The number of nitrogens with one attached hydrogen (secondary N) is 3. The van der Waals surface area contributed by atoms with E-state index in [0.29, 0.717) is 24.0 Å². The van der Waals surface area contributed by atoms with Crippen LogP contribution < -0.4 is 20.9 Å². The highest BCUT2D eigenvalue weighted by molar-refractivity contribution is 7.90. The van der Waals surface area contributed by atoms with Gasteiger partial charge in [0.2, 0.25) is 10.0 Å². The predicted octanol–water partition coefficient (Wildman–Crippen LogP) is 4.24. The van der Waals surface area contributed by atoms with Crippen LogP contribution in [0.5, 0.6) is 0 Å². The first kappa shape index (κ1) is 27.4. The summed E-state index contributed by atoms with van der Waals surface area (Å²) in [5, 5.41) is 4.99. The maximum Gasteiger partial charge on any atom is 0.408 e. The number of carbonyl (C=O) groups is 2. The van der Waals surface area contributed by atoms with Crippen LogP contribution in [0.15, 0.2) is 47.3 Å². The van der Waals surface area contributed by atoms with Crippen LogP contribution in [0.4, 0.5) is 15.3 Å². The van der Waals surface area contributed by atoms with Crippen LogP contribution in [-0.4, -0.2) is 40.9 Å². The average Bonchev–Trinajstić information content (AvgIpc) is 3.63. The number of hydrogen-bond acceptors (Lipinski definition) is 7. The molecule has 3 N–H and O–H groups in total. The first-order valence-electron chi connectivity index (χ1n) is 11.9. The Hall–Kier alpha value is -3.64. The van der Waals surface area contributed by atoms with E-state index in [0.717, 1.165) is 0 Å². The number of amides is 3. The smallest absolute Gasteiger partial charge is 0.408 e. The standard InChI is InChI=1S/C25H28ClN5O6S/c1-14(27-24(34)37-25(2,3)4)21-29-19-10-6-9-18(26)20(19)22(32)31(21)16-8-5-7-15(13-16)28-23(33)30-38(35,36)17-11-12-17/h5-10,13-14,17H,11-12H2,1-4H3,(H,27,34)(H2,28,30,33)/t14-/m0/s1. The predicted molar refractivity (Wildman–Crippen MR) is 144 cm³/mol. The van der Waals surface area contributed by atoms with Gasteiger partial charge >= 0.3 is 12.1 Å². The summed E-state index contributed by atoms with van der Waals surface area (Å²) in [5.74, 6) is 0.188. The molecule has 1 heterocycles. The number of benzene rings is 2. The van der Waals surface area contributed by atoms with Crippen molar-refractivity contribution in [3.05, 3.63) is 63.7 Å². The lowest BCUT2D eigenvalue weighted by atomic mass is 10.2. The Morgan fingerprint density at radius 1 is 1.16 bits per heavy atom. The Kier molecular flexibility index (Phi) is 7.39. The largest absolute Gasteiger partial charge is 0.444 e. The number of urea groups is 1. The van der Waals surface area contributed by atoms with Crippen LogP contribution in [0.1, 0.15) is 52.4 Å². The molecule has 0 spiro atoms. The Morgan fingerprint density at radius 2 is 1.84 bits per heavy atom. The maximum atomic E-state index is 13.7. The zero-order valence-corrected chi connectivity index (χ0v) is 22.8. The molecule has 1 fully saturated rings. The van der Waals surface area contributed by atoms with Gasteiger partial charge in [-0.05, 0) is 70.9 Å². The van der Waals surface area contributed by atoms with Gasteiger partial charge in [0.25, 0.3) is 5.56 Å². The summed E-state index contributed by atoms with van der Waals surface area (Å²) in [4.78, 5) is 43.1. The molecule has 0 bridgehead atoms. The van der Waals surface area contributed by atoms with Gasteiger partial charge in [-0.3, -0.25) is 9.36 Å². The molecule has 13 heteroatoms. The summed E-state index contributed by atoms with van der Waals surface area (Å²) in [7, 11) is -3.74. The number of carbonyl (C=O) groups excluding carboxylic acids is 2. The van der Waals surface area contributed by atoms with Gasteiger partial charge in [-0.25, -0.2) is 27.7 Å². The van der Waals surface area contributed by atoms with Gasteiger partial charge in [0, 0.05) is 5.69 Å². The second-order valence-corrected chi connectivity index (χ2v) is 12.3. The van der Waals surface area contributed by atoms with Gasteiger partial charge in [0.1, 0.15) is 11.4 Å². The molecule has 0 radical (unpaired) electrons. The second-order valence-electron chi connectivity index (χ2n) is 9.96. The summed E-state index contributed by atoms with van der Waals surface area (Å²) in [5.41, 5.74) is -0.353. The summed E-state index contributed by atoms with van der Waals surface area (Å²) in [6.45, 7) is 6.84. The Morgan fingerprint density at radius 3 is 2.50 bits per heavy atom. The fourth-order valence-corrected chi connectivity index (χ4v) is 5.25. The number of sulfonamides is 1. The highest BCUT2D eigenvalue weighted by Gasteiger charge is 2.36. The van der Waals surface area contributed by atoms with Crippen molar-refractivity contribution in [1.82, 2.24) is 19.6 Å². The summed E-state index contributed by atoms with van der Waals surface area (Å²) < 4.78 is 32.8. The summed E-state index contributed by atoms with van der Waals surface area (Å²) >= 11 is 6.34. The van der Waals surface area contributed by atoms with Crippen molar-refractivity contribution in [1.29, 1.82) is 0 Å². The van der Waals surface area contributed by atoms with Crippen LogP contribution >= 0.6 is 11.6 Å². The van der Waals surface area contributed by atoms with Gasteiger partial charge in [-0.1, -0.05) is 23.7 Å². The number of nitrogens with zero attached hydrogens (tertiary/aromatic N) is 2. The molecular weight excluding hydrogens is 534 g/mol. The van der Waals surface area contributed by atoms with E-state index in [9.17, 15) is 22.8 Å². The summed E-state index contributed by atoms with van der Waals surface area (Å²) in [6.07, 6.45) is 0.328. The highest BCUT2D eigenvalue weighted by Crippen LogP contribution is 2.28. The van der Waals surface area contributed by atoms with E-state index in [2.05, 4.69) is 15.6 Å². The van der Waals surface area contributed by atoms with E-state index in [-0.39, 0.29) is 21.9 Å². The van der Waals surface area contributed by atoms with Gasteiger partial charge in [0.15, 0.2) is 0 Å². The SMILES string of the molecule is C[C@H](NC(=O)OC(C)(C)C)c1nc2cccc(Cl)c2c(=O)n1-c1cccc(NC(=O)NS(=O)(=O)C2CC2)c1. The number of rotatable bonds is 6. The maximum absolute atomic E-state index is 13.7. The van der Waals surface area contributed by atoms with Crippen LogP contribution in [0.3, 0.4) is 0 Å². The van der Waals surface area contributed by atoms with Crippen LogP contribution in [0, 0.1) is 0 Å². The van der Waals surface area contributed by atoms with E-state index < -0.39 is 44.6 Å². The average molecular weight is 562 g/mol. The summed E-state index contributed by atoms with van der Waals surface area (Å²) in [6, 6.07) is 9.40. The van der Waals surface area contributed by atoms with Crippen molar-refractivity contribution in [3.8, 4) is 5.69 Å². The van der Waals surface area contributed by atoms with E-state index in [1.165, 1.54) is 10.6 Å². The molecule has 1 aliphatic rings. The monoisotopic (exact) mass is 561 g/mol. The molecule has 3 aromatic rings. The molecular formula is C25H28ClN5O6S. The van der Waals surface area contributed by atoms with Crippen molar-refractivity contribution < 1.29 is 22.7 Å². The Bertz CT molecular complexity index is 1580. The van der Waals surface area contributed by atoms with E-state index in [1.807, 2.05) is 4.72 Å².